The van der Waals surface area contributed by atoms with Gasteiger partial charge in [-0.3, -0.25) is 19.3 Å². The summed E-state index contributed by atoms with van der Waals surface area (Å²) >= 11 is 0. The van der Waals surface area contributed by atoms with Crippen LogP contribution in [0.3, 0.4) is 0 Å². The highest BCUT2D eigenvalue weighted by Gasteiger charge is 2.63. The van der Waals surface area contributed by atoms with Gasteiger partial charge in [0.25, 0.3) is 5.91 Å². The minimum atomic E-state index is -2.63. The maximum Gasteiger partial charge on any atom is 0.255 e. The van der Waals surface area contributed by atoms with Crippen LogP contribution in [-0.4, -0.2) is 81.6 Å². The molecule has 3 aliphatic rings. The van der Waals surface area contributed by atoms with Crippen molar-refractivity contribution >= 4 is 35.6 Å². The second-order valence-corrected chi connectivity index (χ2v) is 9.59. The zero-order valence-corrected chi connectivity index (χ0v) is 21.4. The van der Waals surface area contributed by atoms with Crippen molar-refractivity contribution in [1.82, 2.24) is 4.90 Å². The summed E-state index contributed by atoms with van der Waals surface area (Å²) in [6.45, 7) is 5.31. The Morgan fingerprint density at radius 1 is 1.14 bits per heavy atom. The van der Waals surface area contributed by atoms with Crippen molar-refractivity contribution in [2.24, 2.45) is 17.6 Å². The van der Waals surface area contributed by atoms with Gasteiger partial charge in [-0.05, 0) is 64.4 Å². The van der Waals surface area contributed by atoms with E-state index < -0.39 is 58.0 Å². The van der Waals surface area contributed by atoms with Crippen molar-refractivity contribution in [3.8, 4) is 5.75 Å². The summed E-state index contributed by atoms with van der Waals surface area (Å²) in [4.78, 5) is 42.6. The summed E-state index contributed by atoms with van der Waals surface area (Å²) in [5.74, 6) is -6.49. The van der Waals surface area contributed by atoms with E-state index in [9.17, 15) is 34.8 Å². The van der Waals surface area contributed by atoms with Crippen molar-refractivity contribution < 1.29 is 34.8 Å². The first-order valence-electron chi connectivity index (χ1n) is 11.7. The Morgan fingerprint density at radius 3 is 2.28 bits per heavy atom. The van der Waals surface area contributed by atoms with Gasteiger partial charge in [0.05, 0.1) is 11.6 Å². The lowest BCUT2D eigenvalue weighted by molar-refractivity contribution is -0.148. The highest BCUT2D eigenvalue weighted by atomic mass is 35.5. The van der Waals surface area contributed by atoms with Gasteiger partial charge in [0.1, 0.15) is 22.8 Å². The summed E-state index contributed by atoms with van der Waals surface area (Å²) in [5.41, 5.74) is 3.19. The van der Waals surface area contributed by atoms with Crippen molar-refractivity contribution in [3.63, 3.8) is 0 Å². The van der Waals surface area contributed by atoms with Crippen molar-refractivity contribution in [2.45, 2.75) is 38.3 Å². The highest BCUT2D eigenvalue weighted by molar-refractivity contribution is 6.24. The molecule has 3 aliphatic carbocycles. The molecular formula is C25H32ClN3O7. The third kappa shape index (κ3) is 3.58. The molecular weight excluding hydrogens is 490 g/mol. The number of primary amides is 1. The molecule has 0 radical (unpaired) electrons. The topological polar surface area (TPSA) is 165 Å². The number of ketones is 2. The molecule has 36 heavy (non-hydrogen) atoms. The molecule has 11 heteroatoms. The van der Waals surface area contributed by atoms with Crippen LogP contribution in [0, 0.1) is 11.8 Å². The average molecular weight is 522 g/mol. The van der Waals surface area contributed by atoms with Gasteiger partial charge in [0.2, 0.25) is 5.78 Å². The van der Waals surface area contributed by atoms with E-state index in [4.69, 9.17) is 5.73 Å². The number of nitrogens with zero attached hydrogens (tertiary/aromatic N) is 2. The normalized spacial score (nSPS) is 27.3. The van der Waals surface area contributed by atoms with Crippen molar-refractivity contribution in [2.75, 3.05) is 32.1 Å². The largest absolute Gasteiger partial charge is 0.510 e. The number of halogens is 1. The predicted octanol–water partition coefficient (Wildman–Crippen LogP) is 1.39. The van der Waals surface area contributed by atoms with Crippen molar-refractivity contribution in [1.29, 1.82) is 0 Å². The van der Waals surface area contributed by atoms with E-state index in [1.807, 2.05) is 13.8 Å². The number of hydrogen-bond donors (Lipinski definition) is 5. The number of carbonyl (C=O) groups is 3. The molecule has 6 N–H and O–H groups in total. The molecule has 4 atom stereocenters. The van der Waals surface area contributed by atoms with Gasteiger partial charge in [-0.15, -0.1) is 12.4 Å². The lowest BCUT2D eigenvalue weighted by Crippen LogP contribution is -2.63. The third-order valence-corrected chi connectivity index (χ3v) is 7.69. The number of aliphatic hydroxyl groups excluding tert-OH is 2. The fourth-order valence-electron chi connectivity index (χ4n) is 6.09. The Morgan fingerprint density at radius 2 is 1.75 bits per heavy atom. The zero-order chi connectivity index (χ0) is 26.0. The molecule has 0 saturated heterocycles. The Labute approximate surface area is 215 Å². The summed E-state index contributed by atoms with van der Waals surface area (Å²) < 4.78 is 0. The summed E-state index contributed by atoms with van der Waals surface area (Å²) in [7, 11) is 3.20. The van der Waals surface area contributed by atoms with Crippen LogP contribution in [0.2, 0.25) is 0 Å². The number of allylic oxidation sites excluding steroid dienone is 1. The number of nitrogens with two attached hydrogens (primary N) is 1. The van der Waals surface area contributed by atoms with E-state index in [1.165, 1.54) is 11.0 Å². The Kier molecular flexibility index (Phi) is 7.20. The number of fused-ring (bicyclic) bond motifs is 3. The molecule has 0 bridgehead atoms. The molecule has 0 aliphatic heterocycles. The SMILES string of the molecule is CCN(CC)c1ccc(O)c2c1CC1CC3[C@H](N(C)C)C(O)=C(C(N)=O)C(=O)C3(O)C(O)=C1C2=O.Cl. The van der Waals surface area contributed by atoms with Crippen LogP contribution < -0.4 is 10.6 Å². The lowest BCUT2D eigenvalue weighted by atomic mass is 9.58. The lowest BCUT2D eigenvalue weighted by Gasteiger charge is -2.50. The van der Waals surface area contributed by atoms with Crippen LogP contribution >= 0.6 is 12.4 Å². The average Bonchev–Trinajstić information content (AvgIpc) is 2.78. The summed E-state index contributed by atoms with van der Waals surface area (Å²) in [6, 6.07) is 2.16. The second-order valence-electron chi connectivity index (χ2n) is 9.59. The van der Waals surface area contributed by atoms with Gasteiger partial charge < -0.3 is 31.1 Å². The predicted molar refractivity (Wildman–Crippen MR) is 134 cm³/mol. The van der Waals surface area contributed by atoms with Crippen LogP contribution in [0.5, 0.6) is 5.75 Å². The molecule has 1 aromatic carbocycles. The minimum absolute atomic E-state index is 0. The maximum absolute atomic E-state index is 13.7. The number of carbonyl (C=O) groups excluding carboxylic acids is 3. The van der Waals surface area contributed by atoms with E-state index in [2.05, 4.69) is 4.90 Å². The Hall–Kier alpha value is -3.08. The van der Waals surface area contributed by atoms with E-state index in [0.717, 1.165) is 5.69 Å². The Balaban J connectivity index is 0.00000361. The Bertz CT molecular complexity index is 1200. The first-order chi connectivity index (χ1) is 16.4. The van der Waals surface area contributed by atoms with E-state index in [1.54, 1.807) is 20.2 Å². The number of amides is 1. The molecule has 4 rings (SSSR count). The number of phenols is 1. The van der Waals surface area contributed by atoms with Crippen LogP contribution in [0.1, 0.15) is 36.2 Å². The molecule has 1 aromatic rings. The van der Waals surface area contributed by atoms with E-state index in [0.29, 0.717) is 18.7 Å². The number of rotatable bonds is 5. The first kappa shape index (κ1) is 27.5. The van der Waals surface area contributed by atoms with Gasteiger partial charge in [-0.2, -0.15) is 0 Å². The standard InChI is InChI=1S/C25H31N3O7.ClH/c1-5-28(6-2)14-7-8-15(29)17-12(14)9-11-10-13-19(27(3)4)21(31)18(24(26)34)23(33)25(13,35)22(32)16(11)20(17)30;/h7-8,11,13,19,29,31-32,35H,5-6,9-10H2,1-4H3,(H2,26,34);1H/t11?,13?,19-,25?;/m0./s1. The fourth-order valence-corrected chi connectivity index (χ4v) is 6.09. The summed E-state index contributed by atoms with van der Waals surface area (Å²) in [6.07, 6.45) is 0.341. The van der Waals surface area contributed by atoms with E-state index >= 15 is 0 Å². The van der Waals surface area contributed by atoms with E-state index in [-0.39, 0.29) is 42.1 Å². The zero-order valence-electron chi connectivity index (χ0n) is 20.6. The van der Waals surface area contributed by atoms with Gasteiger partial charge >= 0.3 is 0 Å². The second kappa shape index (κ2) is 9.42. The minimum Gasteiger partial charge on any atom is -0.510 e. The van der Waals surface area contributed by atoms with Crippen LogP contribution in [0.15, 0.2) is 34.8 Å². The molecule has 0 spiro atoms. The monoisotopic (exact) mass is 521 g/mol. The van der Waals surface area contributed by atoms with Gasteiger partial charge in [0.15, 0.2) is 11.4 Å². The van der Waals surface area contributed by atoms with Gasteiger partial charge in [-0.1, -0.05) is 0 Å². The molecule has 0 saturated carbocycles. The smallest absolute Gasteiger partial charge is 0.255 e. The number of aromatic hydroxyl groups is 1. The highest BCUT2D eigenvalue weighted by Crippen LogP contribution is 2.53. The number of phenolic OH excluding ortho intramolecular Hbond substituents is 1. The molecule has 0 fully saturated rings. The number of aliphatic hydroxyl groups is 3. The number of hydrogen-bond acceptors (Lipinski definition) is 9. The molecule has 1 amide bonds. The van der Waals surface area contributed by atoms with Crippen LogP contribution in [0.25, 0.3) is 0 Å². The maximum atomic E-state index is 13.7. The van der Waals surface area contributed by atoms with Gasteiger partial charge in [0, 0.05) is 30.3 Å². The molecule has 0 heterocycles. The molecule has 3 unspecified atom stereocenters. The van der Waals surface area contributed by atoms with Crippen molar-refractivity contribution in [3.05, 3.63) is 45.9 Å². The fraction of sp³-hybridized carbons (Fsp3) is 0.480. The van der Waals surface area contributed by atoms with Crippen LogP contribution in [0.4, 0.5) is 5.69 Å². The van der Waals surface area contributed by atoms with Gasteiger partial charge in [-0.25, -0.2) is 0 Å². The third-order valence-electron chi connectivity index (χ3n) is 7.69. The number of likely N-dealkylation sites (N-methyl/N-ethyl adjacent to an activating group) is 1. The summed E-state index contributed by atoms with van der Waals surface area (Å²) in [5, 5.41) is 44.3. The molecule has 0 aromatic heterocycles. The molecule has 10 nitrogen and oxygen atoms in total. The number of Topliss-reactive ketones (excluding diaryl/α,β-unsaturated/α-hetero) is 2. The number of benzene rings is 1. The quantitative estimate of drug-likeness (QED) is 0.360. The first-order valence-corrected chi connectivity index (χ1v) is 11.7. The molecule has 196 valence electrons. The van der Waals surface area contributed by atoms with Crippen LogP contribution in [-0.2, 0) is 16.0 Å². The number of anilines is 1.